The minimum Gasteiger partial charge on any atom is -0.317 e. The Balaban J connectivity index is 2.18. The molecule has 0 heterocycles. The Bertz CT molecular complexity index is 454. The fourth-order valence-electron chi connectivity index (χ4n) is 1.56. The summed E-state index contributed by atoms with van der Waals surface area (Å²) in [6.07, 6.45) is 1.51. The molecule has 0 unspecified atom stereocenters. The Morgan fingerprint density at radius 3 is 2.44 bits per heavy atom. The van der Waals surface area contributed by atoms with Crippen molar-refractivity contribution < 1.29 is 4.79 Å². The molecular weight excluding hydrogens is 202 g/mol. The highest BCUT2D eigenvalue weighted by Gasteiger charge is 2.47. The molecule has 1 saturated carbocycles. The van der Waals surface area contributed by atoms with Gasteiger partial charge >= 0.3 is 0 Å². The lowest BCUT2D eigenvalue weighted by Gasteiger charge is -2.20. The zero-order valence-corrected chi connectivity index (χ0v) is 9.10. The summed E-state index contributed by atoms with van der Waals surface area (Å²) >= 11 is 0. The van der Waals surface area contributed by atoms with Crippen LogP contribution < -0.4 is 10.6 Å². The van der Waals surface area contributed by atoms with Crippen LogP contribution in [-0.4, -0.2) is 18.5 Å². The first kappa shape index (κ1) is 10.7. The third-order valence-electron chi connectivity index (χ3n) is 2.90. The number of nitrogens with zero attached hydrogens (tertiary/aromatic N) is 2. The molecule has 1 aromatic carbocycles. The molecule has 1 amide bonds. The van der Waals surface area contributed by atoms with Crippen LogP contribution in [0, 0.1) is 11.3 Å². The lowest BCUT2D eigenvalue weighted by Crippen LogP contribution is -2.43. The van der Waals surface area contributed by atoms with Gasteiger partial charge in [0.2, 0.25) is 5.91 Å². The van der Waals surface area contributed by atoms with Crippen molar-refractivity contribution in [2.75, 3.05) is 11.9 Å². The zero-order chi connectivity index (χ0) is 11.8. The van der Waals surface area contributed by atoms with E-state index in [0.29, 0.717) is 5.56 Å². The molecule has 0 radical (unpaired) electrons. The Morgan fingerprint density at radius 1 is 1.44 bits per heavy atom. The predicted molar refractivity (Wildman–Crippen MR) is 60.7 cm³/mol. The molecule has 0 aliphatic heterocycles. The molecule has 0 saturated heterocycles. The topological polar surface area (TPSA) is 70.1 Å². The van der Waals surface area contributed by atoms with E-state index in [1.54, 1.807) is 36.2 Å². The van der Waals surface area contributed by atoms with Crippen LogP contribution in [0.4, 0.5) is 5.69 Å². The van der Waals surface area contributed by atoms with Crippen molar-refractivity contribution in [1.29, 1.82) is 5.26 Å². The van der Waals surface area contributed by atoms with E-state index < -0.39 is 5.54 Å². The standard InChI is InChI=1S/C12H13N3O/c1-15(11(16)12(14)6-7-12)10-4-2-9(8-13)3-5-10/h2-5H,6-7,14H2,1H3. The minimum atomic E-state index is -0.650. The van der Waals surface area contributed by atoms with Crippen molar-refractivity contribution in [3.05, 3.63) is 29.8 Å². The second-order valence-corrected chi connectivity index (χ2v) is 4.18. The maximum Gasteiger partial charge on any atom is 0.246 e. The second-order valence-electron chi connectivity index (χ2n) is 4.18. The van der Waals surface area contributed by atoms with Gasteiger partial charge in [0.05, 0.1) is 17.2 Å². The Hall–Kier alpha value is -1.86. The molecule has 1 aromatic rings. The number of likely N-dealkylation sites (N-methyl/N-ethyl adjacent to an activating group) is 1. The van der Waals surface area contributed by atoms with E-state index in [1.165, 1.54) is 0 Å². The molecular formula is C12H13N3O. The SMILES string of the molecule is CN(C(=O)C1(N)CC1)c1ccc(C#N)cc1. The number of hydrogen-bond donors (Lipinski definition) is 1. The number of nitriles is 1. The number of nitrogens with two attached hydrogens (primary N) is 1. The van der Waals surface area contributed by atoms with E-state index in [-0.39, 0.29) is 5.91 Å². The molecule has 0 atom stereocenters. The van der Waals surface area contributed by atoms with E-state index in [1.807, 2.05) is 6.07 Å². The molecule has 0 bridgehead atoms. The average Bonchev–Trinajstić information content (AvgIpc) is 3.07. The van der Waals surface area contributed by atoms with Gasteiger partial charge in [0.15, 0.2) is 0 Å². The van der Waals surface area contributed by atoms with Gasteiger partial charge in [0.1, 0.15) is 0 Å². The molecule has 2 N–H and O–H groups in total. The number of carbonyl (C=O) groups is 1. The third-order valence-corrected chi connectivity index (χ3v) is 2.90. The molecule has 1 aliphatic rings. The number of carbonyl (C=O) groups excluding carboxylic acids is 1. The molecule has 1 fully saturated rings. The maximum absolute atomic E-state index is 11.9. The third kappa shape index (κ3) is 1.77. The summed E-state index contributed by atoms with van der Waals surface area (Å²) in [6.45, 7) is 0. The summed E-state index contributed by atoms with van der Waals surface area (Å²) in [5, 5.41) is 8.66. The molecule has 82 valence electrons. The minimum absolute atomic E-state index is 0.0581. The molecule has 4 nitrogen and oxygen atoms in total. The van der Waals surface area contributed by atoms with Gasteiger partial charge in [-0.25, -0.2) is 0 Å². The fourth-order valence-corrected chi connectivity index (χ4v) is 1.56. The maximum atomic E-state index is 11.9. The fraction of sp³-hybridized carbons (Fsp3) is 0.333. The predicted octanol–water partition coefficient (Wildman–Crippen LogP) is 1.01. The van der Waals surface area contributed by atoms with Gasteiger partial charge in [-0.15, -0.1) is 0 Å². The van der Waals surface area contributed by atoms with E-state index >= 15 is 0 Å². The highest BCUT2D eigenvalue weighted by atomic mass is 16.2. The summed E-state index contributed by atoms with van der Waals surface area (Å²) in [5.74, 6) is -0.0581. The Kier molecular flexibility index (Phi) is 2.41. The van der Waals surface area contributed by atoms with Crippen LogP contribution in [0.25, 0.3) is 0 Å². The summed E-state index contributed by atoms with van der Waals surface area (Å²) in [5.41, 5.74) is 6.54. The molecule has 0 aromatic heterocycles. The van der Waals surface area contributed by atoms with Crippen molar-refractivity contribution in [2.24, 2.45) is 5.73 Å². The highest BCUT2D eigenvalue weighted by molar-refractivity contribution is 6.01. The van der Waals surface area contributed by atoms with Crippen LogP contribution in [0.3, 0.4) is 0 Å². The quantitative estimate of drug-likeness (QED) is 0.800. The van der Waals surface area contributed by atoms with Crippen molar-refractivity contribution in [2.45, 2.75) is 18.4 Å². The number of anilines is 1. The average molecular weight is 215 g/mol. The van der Waals surface area contributed by atoms with Crippen LogP contribution in [0.1, 0.15) is 18.4 Å². The van der Waals surface area contributed by atoms with Gasteiger partial charge in [-0.2, -0.15) is 5.26 Å². The van der Waals surface area contributed by atoms with Crippen molar-refractivity contribution in [3.63, 3.8) is 0 Å². The van der Waals surface area contributed by atoms with Crippen LogP contribution in [-0.2, 0) is 4.79 Å². The number of amides is 1. The van der Waals surface area contributed by atoms with Crippen LogP contribution in [0.5, 0.6) is 0 Å². The Labute approximate surface area is 94.3 Å². The zero-order valence-electron chi connectivity index (χ0n) is 9.10. The molecule has 2 rings (SSSR count). The van der Waals surface area contributed by atoms with E-state index in [9.17, 15) is 4.79 Å². The first-order valence-electron chi connectivity index (χ1n) is 5.14. The van der Waals surface area contributed by atoms with Crippen molar-refractivity contribution >= 4 is 11.6 Å². The normalized spacial score (nSPS) is 16.3. The summed E-state index contributed by atoms with van der Waals surface area (Å²) in [4.78, 5) is 13.5. The first-order chi connectivity index (χ1) is 7.57. The number of hydrogen-bond acceptors (Lipinski definition) is 3. The molecule has 16 heavy (non-hydrogen) atoms. The lowest BCUT2D eigenvalue weighted by atomic mass is 10.2. The van der Waals surface area contributed by atoms with E-state index in [4.69, 9.17) is 11.0 Å². The van der Waals surface area contributed by atoms with E-state index in [0.717, 1.165) is 18.5 Å². The van der Waals surface area contributed by atoms with E-state index in [2.05, 4.69) is 0 Å². The van der Waals surface area contributed by atoms with Crippen molar-refractivity contribution in [1.82, 2.24) is 0 Å². The smallest absolute Gasteiger partial charge is 0.246 e. The number of rotatable bonds is 2. The highest BCUT2D eigenvalue weighted by Crippen LogP contribution is 2.34. The second kappa shape index (κ2) is 3.62. The molecule has 0 spiro atoms. The van der Waals surface area contributed by atoms with Gasteiger partial charge in [-0.3, -0.25) is 4.79 Å². The molecule has 1 aliphatic carbocycles. The van der Waals surface area contributed by atoms with Crippen LogP contribution in [0.15, 0.2) is 24.3 Å². The van der Waals surface area contributed by atoms with Gasteiger partial charge in [0, 0.05) is 12.7 Å². The number of benzene rings is 1. The largest absolute Gasteiger partial charge is 0.317 e. The van der Waals surface area contributed by atoms with Gasteiger partial charge in [-0.05, 0) is 37.1 Å². The van der Waals surface area contributed by atoms with Gasteiger partial charge < -0.3 is 10.6 Å². The van der Waals surface area contributed by atoms with Crippen LogP contribution in [0.2, 0.25) is 0 Å². The lowest BCUT2D eigenvalue weighted by molar-refractivity contribution is -0.120. The van der Waals surface area contributed by atoms with Gasteiger partial charge in [-0.1, -0.05) is 0 Å². The summed E-state index contributed by atoms with van der Waals surface area (Å²) in [6, 6.07) is 8.92. The van der Waals surface area contributed by atoms with Crippen molar-refractivity contribution in [3.8, 4) is 6.07 Å². The summed E-state index contributed by atoms with van der Waals surface area (Å²) in [7, 11) is 1.71. The monoisotopic (exact) mass is 215 g/mol. The first-order valence-corrected chi connectivity index (χ1v) is 5.14. The van der Waals surface area contributed by atoms with Crippen LogP contribution >= 0.6 is 0 Å². The summed E-state index contributed by atoms with van der Waals surface area (Å²) < 4.78 is 0. The van der Waals surface area contributed by atoms with Gasteiger partial charge in [0.25, 0.3) is 0 Å². The molecule has 4 heteroatoms. The Morgan fingerprint density at radius 2 is 2.00 bits per heavy atom.